The molecule has 0 spiro atoms. The highest BCUT2D eigenvalue weighted by Gasteiger charge is 2.09. The molecule has 1 aromatic heterocycles. The zero-order chi connectivity index (χ0) is 11.0. The lowest BCUT2D eigenvalue weighted by atomic mass is 10.1. The van der Waals surface area contributed by atoms with Crippen LogP contribution < -0.4 is 16.4 Å². The lowest BCUT2D eigenvalue weighted by molar-refractivity contribution is 0.949. The predicted octanol–water partition coefficient (Wildman–Crippen LogP) is 1.42. The Kier molecular flexibility index (Phi) is 1.86. The van der Waals surface area contributed by atoms with Crippen LogP contribution >= 0.6 is 0 Å². The molecule has 16 heavy (non-hydrogen) atoms. The van der Waals surface area contributed by atoms with Crippen molar-refractivity contribution in [1.29, 1.82) is 0 Å². The number of aromatic nitrogens is 1. The largest absolute Gasteiger partial charge is 0.384 e. The first-order chi connectivity index (χ1) is 7.84. The van der Waals surface area contributed by atoms with Crippen LogP contribution in [0.1, 0.15) is 5.56 Å². The van der Waals surface area contributed by atoms with E-state index in [0.717, 1.165) is 16.8 Å². The standard InChI is InChI=1S/C12H12N4/c13-12-7-15-11(6-16-12)9-5-14-10-4-2-1-3-8(9)10/h1-7,14-16H,13H2. The van der Waals surface area contributed by atoms with Gasteiger partial charge in [-0.25, -0.2) is 0 Å². The number of rotatable bonds is 1. The van der Waals surface area contributed by atoms with Crippen molar-refractivity contribution in [1.82, 2.24) is 15.6 Å². The Hall–Kier alpha value is -2.36. The molecule has 3 rings (SSSR count). The first-order valence-electron chi connectivity index (χ1n) is 5.10. The minimum atomic E-state index is 0.614. The second kappa shape index (κ2) is 3.34. The fourth-order valence-corrected chi connectivity index (χ4v) is 1.84. The first-order valence-corrected chi connectivity index (χ1v) is 5.10. The highest BCUT2D eigenvalue weighted by molar-refractivity contribution is 5.92. The quantitative estimate of drug-likeness (QED) is 0.578. The highest BCUT2D eigenvalue weighted by Crippen LogP contribution is 2.23. The van der Waals surface area contributed by atoms with Gasteiger partial charge in [-0.15, -0.1) is 0 Å². The second-order valence-corrected chi connectivity index (χ2v) is 3.69. The van der Waals surface area contributed by atoms with E-state index in [1.54, 1.807) is 6.20 Å². The van der Waals surface area contributed by atoms with Crippen LogP contribution in [0.2, 0.25) is 0 Å². The van der Waals surface area contributed by atoms with E-state index in [1.165, 1.54) is 5.39 Å². The Morgan fingerprint density at radius 1 is 1.00 bits per heavy atom. The van der Waals surface area contributed by atoms with Crippen LogP contribution in [0, 0.1) is 0 Å². The third-order valence-corrected chi connectivity index (χ3v) is 2.65. The van der Waals surface area contributed by atoms with Gasteiger partial charge in [0.15, 0.2) is 0 Å². The summed E-state index contributed by atoms with van der Waals surface area (Å²) in [6.45, 7) is 0. The topological polar surface area (TPSA) is 65.9 Å². The summed E-state index contributed by atoms with van der Waals surface area (Å²) in [6, 6.07) is 8.19. The number of hydrogen-bond donors (Lipinski definition) is 4. The lowest BCUT2D eigenvalue weighted by Gasteiger charge is -2.14. The van der Waals surface area contributed by atoms with Crippen molar-refractivity contribution in [2.45, 2.75) is 0 Å². The van der Waals surface area contributed by atoms with Crippen molar-refractivity contribution in [2.24, 2.45) is 5.73 Å². The third kappa shape index (κ3) is 1.32. The Bertz CT molecular complexity index is 592. The number of nitrogens with one attached hydrogen (secondary N) is 3. The third-order valence-electron chi connectivity index (χ3n) is 2.65. The molecule has 1 aromatic carbocycles. The van der Waals surface area contributed by atoms with Crippen molar-refractivity contribution >= 4 is 16.6 Å². The molecule has 0 amide bonds. The van der Waals surface area contributed by atoms with Gasteiger partial charge in [0.2, 0.25) is 0 Å². The van der Waals surface area contributed by atoms with Gasteiger partial charge in [-0.3, -0.25) is 0 Å². The lowest BCUT2D eigenvalue weighted by Crippen LogP contribution is -2.24. The smallest absolute Gasteiger partial charge is 0.117 e. The average Bonchev–Trinajstić information content (AvgIpc) is 2.74. The van der Waals surface area contributed by atoms with Crippen LogP contribution in [0.3, 0.4) is 0 Å². The molecule has 0 atom stereocenters. The molecule has 0 bridgehead atoms. The maximum atomic E-state index is 5.60. The van der Waals surface area contributed by atoms with E-state index >= 15 is 0 Å². The molecule has 4 heteroatoms. The van der Waals surface area contributed by atoms with Gasteiger partial charge in [0.05, 0.1) is 5.70 Å². The molecule has 5 N–H and O–H groups in total. The Labute approximate surface area is 92.8 Å². The van der Waals surface area contributed by atoms with Crippen LogP contribution in [0.5, 0.6) is 0 Å². The van der Waals surface area contributed by atoms with E-state index in [9.17, 15) is 0 Å². The molecule has 0 radical (unpaired) electrons. The molecule has 0 unspecified atom stereocenters. The highest BCUT2D eigenvalue weighted by atomic mass is 15.1. The molecule has 0 saturated carbocycles. The number of hydrogen-bond acceptors (Lipinski definition) is 3. The van der Waals surface area contributed by atoms with Crippen LogP contribution in [0.25, 0.3) is 16.6 Å². The number of H-pyrrole nitrogens is 1. The zero-order valence-electron chi connectivity index (χ0n) is 8.62. The fraction of sp³-hybridized carbons (Fsp3) is 0. The summed E-state index contributed by atoms with van der Waals surface area (Å²) in [5.41, 5.74) is 8.86. The first kappa shape index (κ1) is 8.91. The van der Waals surface area contributed by atoms with E-state index in [1.807, 2.05) is 24.5 Å². The summed E-state index contributed by atoms with van der Waals surface area (Å²) in [4.78, 5) is 3.24. The van der Waals surface area contributed by atoms with E-state index in [2.05, 4.69) is 27.8 Å². The van der Waals surface area contributed by atoms with Crippen molar-refractivity contribution in [3.8, 4) is 0 Å². The van der Waals surface area contributed by atoms with Crippen LogP contribution in [-0.4, -0.2) is 4.98 Å². The summed E-state index contributed by atoms with van der Waals surface area (Å²) in [5, 5.41) is 7.33. The summed E-state index contributed by atoms with van der Waals surface area (Å²) in [5.74, 6) is 0.614. The minimum Gasteiger partial charge on any atom is -0.384 e. The maximum absolute atomic E-state index is 5.60. The molecule has 2 aromatic rings. The molecular weight excluding hydrogens is 200 g/mol. The molecule has 80 valence electrons. The molecule has 2 heterocycles. The summed E-state index contributed by atoms with van der Waals surface area (Å²) in [7, 11) is 0. The molecule has 0 saturated heterocycles. The maximum Gasteiger partial charge on any atom is 0.117 e. The zero-order valence-corrected chi connectivity index (χ0v) is 8.62. The molecule has 0 aliphatic carbocycles. The number of para-hydroxylation sites is 1. The Balaban J connectivity index is 2.07. The normalized spacial score (nSPS) is 15.0. The van der Waals surface area contributed by atoms with Gasteiger partial charge in [-0.2, -0.15) is 0 Å². The molecule has 4 nitrogen and oxygen atoms in total. The van der Waals surface area contributed by atoms with E-state index in [4.69, 9.17) is 5.73 Å². The summed E-state index contributed by atoms with van der Waals surface area (Å²) in [6.07, 6.45) is 5.60. The SMILES string of the molecule is NC1=CNC(c2c[nH]c3ccccc23)=CN1. The van der Waals surface area contributed by atoms with Crippen LogP contribution in [-0.2, 0) is 0 Å². The van der Waals surface area contributed by atoms with Crippen LogP contribution in [0.15, 0.2) is 48.7 Å². The molecule has 0 fully saturated rings. The van der Waals surface area contributed by atoms with Gasteiger partial charge >= 0.3 is 0 Å². The fourth-order valence-electron chi connectivity index (χ4n) is 1.84. The number of nitrogens with two attached hydrogens (primary N) is 1. The van der Waals surface area contributed by atoms with Gasteiger partial charge in [-0.05, 0) is 6.07 Å². The van der Waals surface area contributed by atoms with Gasteiger partial charge in [0.1, 0.15) is 5.82 Å². The van der Waals surface area contributed by atoms with Crippen molar-refractivity contribution in [3.05, 3.63) is 54.2 Å². The van der Waals surface area contributed by atoms with Gasteiger partial charge in [0.25, 0.3) is 0 Å². The number of benzene rings is 1. The summed E-state index contributed by atoms with van der Waals surface area (Å²) >= 11 is 0. The van der Waals surface area contributed by atoms with Gasteiger partial charge in [-0.1, -0.05) is 18.2 Å². The number of aromatic amines is 1. The van der Waals surface area contributed by atoms with E-state index < -0.39 is 0 Å². The second-order valence-electron chi connectivity index (χ2n) is 3.69. The van der Waals surface area contributed by atoms with Crippen molar-refractivity contribution in [3.63, 3.8) is 0 Å². The number of fused-ring (bicyclic) bond motifs is 1. The van der Waals surface area contributed by atoms with Crippen molar-refractivity contribution in [2.75, 3.05) is 0 Å². The van der Waals surface area contributed by atoms with Crippen molar-refractivity contribution < 1.29 is 0 Å². The predicted molar refractivity (Wildman–Crippen MR) is 64.8 cm³/mol. The van der Waals surface area contributed by atoms with Crippen LogP contribution in [0.4, 0.5) is 0 Å². The molecule has 1 aliphatic rings. The van der Waals surface area contributed by atoms with Gasteiger partial charge in [0, 0.05) is 35.1 Å². The van der Waals surface area contributed by atoms with Gasteiger partial charge < -0.3 is 21.4 Å². The Morgan fingerprint density at radius 3 is 2.69 bits per heavy atom. The average molecular weight is 212 g/mol. The monoisotopic (exact) mass is 212 g/mol. The molecular formula is C12H12N4. The molecule has 1 aliphatic heterocycles. The van der Waals surface area contributed by atoms with E-state index in [-0.39, 0.29) is 0 Å². The minimum absolute atomic E-state index is 0.614. The summed E-state index contributed by atoms with van der Waals surface area (Å²) < 4.78 is 0. The van der Waals surface area contributed by atoms with E-state index in [0.29, 0.717) is 5.82 Å². The Morgan fingerprint density at radius 2 is 1.88 bits per heavy atom.